The van der Waals surface area contributed by atoms with Crippen molar-refractivity contribution >= 4 is 22.5 Å². The number of hydrogen-bond donors (Lipinski definition) is 2. The maximum Gasteiger partial charge on any atom is 0.227 e. The molecular formula is C22H25FN4O2. The Morgan fingerprint density at radius 3 is 3.00 bits per heavy atom. The number of H-pyrrole nitrogens is 1. The van der Waals surface area contributed by atoms with Gasteiger partial charge in [-0.05, 0) is 55.4 Å². The zero-order valence-corrected chi connectivity index (χ0v) is 16.6. The fourth-order valence-corrected chi connectivity index (χ4v) is 4.49. The summed E-state index contributed by atoms with van der Waals surface area (Å²) in [5.41, 5.74) is 1.38. The lowest BCUT2D eigenvalue weighted by atomic mass is 9.82. The first kappa shape index (κ1) is 19.4. The minimum absolute atomic E-state index is 0.0142. The van der Waals surface area contributed by atoms with E-state index in [9.17, 15) is 9.18 Å². The van der Waals surface area contributed by atoms with Crippen molar-refractivity contribution in [3.8, 4) is 5.75 Å². The van der Waals surface area contributed by atoms with Crippen LogP contribution in [0.3, 0.4) is 0 Å². The molecule has 152 valence electrons. The standard InChI is InChI=1S/C22H25FN4O2/c1-3-17(22(28)27-15-11-25-26-12-15)18-10-16(8-13(18)2)29-21-6-7-24-20-5-4-14(23)9-19(20)21/h4-7,9,11-13,16-18H,3,8,10H2,1-2H3,(H,25,26)(H,27,28). The number of benzene rings is 1. The normalized spacial score (nSPS) is 22.5. The summed E-state index contributed by atoms with van der Waals surface area (Å²) in [6, 6.07) is 6.30. The topological polar surface area (TPSA) is 79.9 Å². The number of aromatic nitrogens is 3. The third-order valence-electron chi connectivity index (χ3n) is 5.92. The van der Waals surface area contributed by atoms with Crippen molar-refractivity contribution in [1.29, 1.82) is 0 Å². The van der Waals surface area contributed by atoms with Crippen LogP contribution in [0.4, 0.5) is 10.1 Å². The van der Waals surface area contributed by atoms with E-state index in [1.165, 1.54) is 12.1 Å². The van der Waals surface area contributed by atoms with E-state index in [-0.39, 0.29) is 29.7 Å². The smallest absolute Gasteiger partial charge is 0.227 e. The van der Waals surface area contributed by atoms with Crippen molar-refractivity contribution in [1.82, 2.24) is 15.2 Å². The third-order valence-corrected chi connectivity index (χ3v) is 5.92. The molecule has 4 rings (SSSR count). The molecule has 4 unspecified atom stereocenters. The van der Waals surface area contributed by atoms with E-state index < -0.39 is 0 Å². The molecule has 7 heteroatoms. The van der Waals surface area contributed by atoms with Gasteiger partial charge in [-0.25, -0.2) is 4.39 Å². The lowest BCUT2D eigenvalue weighted by Gasteiger charge is -2.24. The number of carbonyl (C=O) groups is 1. The molecule has 1 aliphatic carbocycles. The first-order valence-electron chi connectivity index (χ1n) is 10.1. The minimum Gasteiger partial charge on any atom is -0.490 e. The van der Waals surface area contributed by atoms with Gasteiger partial charge < -0.3 is 10.1 Å². The number of nitrogens with one attached hydrogen (secondary N) is 2. The SMILES string of the molecule is CCC(C(=O)Nc1cn[nH]c1)C1CC(Oc2ccnc3ccc(F)cc23)CC1C. The van der Waals surface area contributed by atoms with Gasteiger partial charge in [-0.1, -0.05) is 13.8 Å². The molecule has 0 spiro atoms. The molecule has 0 saturated heterocycles. The van der Waals surface area contributed by atoms with Crippen LogP contribution in [0.1, 0.15) is 33.1 Å². The summed E-state index contributed by atoms with van der Waals surface area (Å²) < 4.78 is 20.0. The Morgan fingerprint density at radius 2 is 2.24 bits per heavy atom. The van der Waals surface area contributed by atoms with Gasteiger partial charge in [0.15, 0.2) is 0 Å². The van der Waals surface area contributed by atoms with Crippen molar-refractivity contribution in [2.45, 2.75) is 39.2 Å². The molecule has 2 heterocycles. The monoisotopic (exact) mass is 396 g/mol. The molecule has 0 aliphatic heterocycles. The first-order chi connectivity index (χ1) is 14.0. The Labute approximate surface area is 168 Å². The molecule has 1 aromatic carbocycles. The minimum atomic E-state index is -0.310. The number of ether oxygens (including phenoxy) is 1. The van der Waals surface area contributed by atoms with Crippen molar-refractivity contribution in [3.63, 3.8) is 0 Å². The van der Waals surface area contributed by atoms with Crippen LogP contribution in [0, 0.1) is 23.6 Å². The van der Waals surface area contributed by atoms with E-state index in [0.717, 1.165) is 19.3 Å². The fraction of sp³-hybridized carbons (Fsp3) is 0.409. The summed E-state index contributed by atoms with van der Waals surface area (Å²) in [5.74, 6) is 0.827. The van der Waals surface area contributed by atoms with E-state index in [0.29, 0.717) is 28.3 Å². The molecule has 1 amide bonds. The van der Waals surface area contributed by atoms with Gasteiger partial charge in [0, 0.05) is 23.7 Å². The second-order valence-corrected chi connectivity index (χ2v) is 7.81. The Balaban J connectivity index is 1.48. The fourth-order valence-electron chi connectivity index (χ4n) is 4.49. The number of anilines is 1. The summed E-state index contributed by atoms with van der Waals surface area (Å²) in [6.45, 7) is 4.21. The zero-order valence-electron chi connectivity index (χ0n) is 16.6. The number of hydrogen-bond acceptors (Lipinski definition) is 4. The number of amides is 1. The maximum absolute atomic E-state index is 13.7. The number of carbonyl (C=O) groups excluding carboxylic acids is 1. The summed E-state index contributed by atoms with van der Waals surface area (Å²) in [4.78, 5) is 17.1. The second kappa shape index (κ2) is 8.19. The number of aromatic amines is 1. The van der Waals surface area contributed by atoms with Crippen molar-refractivity contribution < 1.29 is 13.9 Å². The highest BCUT2D eigenvalue weighted by Crippen LogP contribution is 2.41. The summed E-state index contributed by atoms with van der Waals surface area (Å²) >= 11 is 0. The van der Waals surface area contributed by atoms with Gasteiger partial charge in [-0.15, -0.1) is 0 Å². The quantitative estimate of drug-likeness (QED) is 0.640. The molecule has 1 aliphatic rings. The summed E-state index contributed by atoms with van der Waals surface area (Å²) in [5, 5.41) is 10.2. The first-order valence-corrected chi connectivity index (χ1v) is 10.1. The van der Waals surface area contributed by atoms with Gasteiger partial charge in [0.2, 0.25) is 5.91 Å². The highest BCUT2D eigenvalue weighted by Gasteiger charge is 2.40. The average molecular weight is 396 g/mol. The van der Waals surface area contributed by atoms with Gasteiger partial charge in [0.1, 0.15) is 11.6 Å². The molecule has 2 aromatic heterocycles. The predicted molar refractivity (Wildman–Crippen MR) is 109 cm³/mol. The van der Waals surface area contributed by atoms with Gasteiger partial charge in [0.25, 0.3) is 0 Å². The molecule has 0 radical (unpaired) electrons. The van der Waals surface area contributed by atoms with Gasteiger partial charge in [-0.2, -0.15) is 5.10 Å². The maximum atomic E-state index is 13.7. The average Bonchev–Trinajstić information content (AvgIpc) is 3.33. The molecule has 4 atom stereocenters. The molecule has 0 bridgehead atoms. The van der Waals surface area contributed by atoms with Crippen LogP contribution in [0.15, 0.2) is 42.9 Å². The van der Waals surface area contributed by atoms with Gasteiger partial charge in [-0.3, -0.25) is 14.9 Å². The lowest BCUT2D eigenvalue weighted by Crippen LogP contribution is -2.30. The molecule has 1 saturated carbocycles. The molecular weight excluding hydrogens is 371 g/mol. The Hall–Kier alpha value is -2.96. The largest absolute Gasteiger partial charge is 0.490 e. The number of nitrogens with zero attached hydrogens (tertiary/aromatic N) is 2. The van der Waals surface area contributed by atoms with Crippen LogP contribution < -0.4 is 10.1 Å². The van der Waals surface area contributed by atoms with E-state index in [4.69, 9.17) is 4.74 Å². The predicted octanol–water partition coefficient (Wildman–Crippen LogP) is 4.56. The van der Waals surface area contributed by atoms with E-state index in [1.54, 1.807) is 30.7 Å². The Kier molecular flexibility index (Phi) is 5.47. The van der Waals surface area contributed by atoms with E-state index >= 15 is 0 Å². The van der Waals surface area contributed by atoms with Crippen molar-refractivity contribution in [3.05, 3.63) is 48.7 Å². The van der Waals surface area contributed by atoms with Crippen LogP contribution in [0.2, 0.25) is 0 Å². The van der Waals surface area contributed by atoms with Gasteiger partial charge in [0.05, 0.1) is 23.5 Å². The Bertz CT molecular complexity index is 992. The molecule has 2 N–H and O–H groups in total. The highest BCUT2D eigenvalue weighted by molar-refractivity contribution is 5.92. The Morgan fingerprint density at radius 1 is 1.38 bits per heavy atom. The highest BCUT2D eigenvalue weighted by atomic mass is 19.1. The number of halogens is 1. The van der Waals surface area contributed by atoms with Gasteiger partial charge >= 0.3 is 0 Å². The van der Waals surface area contributed by atoms with Crippen molar-refractivity contribution in [2.75, 3.05) is 5.32 Å². The van der Waals surface area contributed by atoms with E-state index in [2.05, 4.69) is 27.4 Å². The second-order valence-electron chi connectivity index (χ2n) is 7.81. The number of pyridine rings is 1. The summed E-state index contributed by atoms with van der Waals surface area (Å²) in [7, 11) is 0. The van der Waals surface area contributed by atoms with E-state index in [1.807, 2.05) is 6.92 Å². The molecule has 29 heavy (non-hydrogen) atoms. The number of rotatable bonds is 6. The molecule has 3 aromatic rings. The molecule has 1 fully saturated rings. The van der Waals surface area contributed by atoms with Crippen LogP contribution in [-0.2, 0) is 4.79 Å². The van der Waals surface area contributed by atoms with Crippen LogP contribution >= 0.6 is 0 Å². The summed E-state index contributed by atoms with van der Waals surface area (Å²) in [6.07, 6.45) is 7.34. The van der Waals surface area contributed by atoms with Crippen LogP contribution in [0.5, 0.6) is 5.75 Å². The van der Waals surface area contributed by atoms with Crippen LogP contribution in [0.25, 0.3) is 10.9 Å². The van der Waals surface area contributed by atoms with Crippen LogP contribution in [-0.4, -0.2) is 27.2 Å². The third kappa shape index (κ3) is 4.09. The number of fused-ring (bicyclic) bond motifs is 1. The van der Waals surface area contributed by atoms with Crippen molar-refractivity contribution in [2.24, 2.45) is 17.8 Å². The lowest BCUT2D eigenvalue weighted by molar-refractivity contribution is -0.122. The molecule has 6 nitrogen and oxygen atoms in total. The zero-order chi connectivity index (χ0) is 20.4.